The average molecular weight is 302 g/mol. The fourth-order valence-electron chi connectivity index (χ4n) is 2.66. The van der Waals surface area contributed by atoms with Gasteiger partial charge in [0.1, 0.15) is 0 Å². The SMILES string of the molecule is C=CCCCCCCC(CCCCP)CCCCP. The molecule has 114 valence electrons. The summed E-state index contributed by atoms with van der Waals surface area (Å²) >= 11 is 0. The molecule has 2 atom stereocenters. The van der Waals surface area contributed by atoms with Crippen LogP contribution in [-0.2, 0) is 0 Å². The summed E-state index contributed by atoms with van der Waals surface area (Å²) in [5.74, 6) is 1.01. The minimum atomic E-state index is 1.01. The summed E-state index contributed by atoms with van der Waals surface area (Å²) in [6.07, 6.45) is 21.5. The van der Waals surface area contributed by atoms with Crippen LogP contribution in [0.15, 0.2) is 12.7 Å². The quantitative estimate of drug-likeness (QED) is 0.191. The molecule has 0 aromatic heterocycles. The largest absolute Gasteiger partial charge is 0.138 e. The standard InChI is InChI=1S/C17H36P2/c1-2-3-4-5-6-7-12-17(13-8-10-15-18)14-9-11-16-19/h2,17H,1,3-16,18-19H2. The van der Waals surface area contributed by atoms with Crippen molar-refractivity contribution in [3.05, 3.63) is 12.7 Å². The van der Waals surface area contributed by atoms with Crippen LogP contribution in [-0.4, -0.2) is 12.3 Å². The van der Waals surface area contributed by atoms with Gasteiger partial charge < -0.3 is 0 Å². The lowest BCUT2D eigenvalue weighted by Crippen LogP contribution is -2.02. The summed E-state index contributed by atoms with van der Waals surface area (Å²) in [4.78, 5) is 0. The molecular formula is C17H36P2. The van der Waals surface area contributed by atoms with Gasteiger partial charge in [0.05, 0.1) is 0 Å². The van der Waals surface area contributed by atoms with E-state index in [9.17, 15) is 0 Å². The van der Waals surface area contributed by atoms with E-state index in [-0.39, 0.29) is 0 Å². The van der Waals surface area contributed by atoms with Gasteiger partial charge in [0.2, 0.25) is 0 Å². The zero-order chi connectivity index (χ0) is 14.2. The highest BCUT2D eigenvalue weighted by Crippen LogP contribution is 2.23. The molecule has 0 saturated carbocycles. The summed E-state index contributed by atoms with van der Waals surface area (Å²) in [5, 5.41) is 0. The maximum Gasteiger partial charge on any atom is -0.0353 e. The maximum absolute atomic E-state index is 3.79. The molecule has 0 rings (SSSR count). The third kappa shape index (κ3) is 14.8. The van der Waals surface area contributed by atoms with Crippen LogP contribution in [0.4, 0.5) is 0 Å². The van der Waals surface area contributed by atoms with Gasteiger partial charge in [-0.1, -0.05) is 57.4 Å². The van der Waals surface area contributed by atoms with Crippen LogP contribution in [0.3, 0.4) is 0 Å². The van der Waals surface area contributed by atoms with Gasteiger partial charge in [0.25, 0.3) is 0 Å². The van der Waals surface area contributed by atoms with Crippen LogP contribution in [0, 0.1) is 5.92 Å². The fraction of sp³-hybridized carbons (Fsp3) is 0.882. The van der Waals surface area contributed by atoms with E-state index in [1.54, 1.807) is 0 Å². The van der Waals surface area contributed by atoms with Crippen LogP contribution in [0.5, 0.6) is 0 Å². The highest BCUT2D eigenvalue weighted by molar-refractivity contribution is 7.16. The monoisotopic (exact) mass is 302 g/mol. The Morgan fingerprint density at radius 1 is 0.684 bits per heavy atom. The fourth-order valence-corrected chi connectivity index (χ4v) is 3.24. The molecule has 0 spiro atoms. The van der Waals surface area contributed by atoms with Gasteiger partial charge in [0.15, 0.2) is 0 Å². The third-order valence-corrected chi connectivity index (χ3v) is 4.72. The molecule has 0 aromatic carbocycles. The Kier molecular flexibility index (Phi) is 17.2. The van der Waals surface area contributed by atoms with E-state index in [0.717, 1.165) is 5.92 Å². The molecule has 0 nitrogen and oxygen atoms in total. The first-order valence-corrected chi connectivity index (χ1v) is 9.99. The van der Waals surface area contributed by atoms with Gasteiger partial charge in [-0.15, -0.1) is 25.1 Å². The van der Waals surface area contributed by atoms with Crippen molar-refractivity contribution in [2.45, 2.75) is 77.0 Å². The van der Waals surface area contributed by atoms with Crippen molar-refractivity contribution < 1.29 is 0 Å². The van der Waals surface area contributed by atoms with E-state index in [0.29, 0.717) is 0 Å². The van der Waals surface area contributed by atoms with Gasteiger partial charge in [-0.05, 0) is 43.9 Å². The Morgan fingerprint density at radius 2 is 1.16 bits per heavy atom. The van der Waals surface area contributed by atoms with Gasteiger partial charge >= 0.3 is 0 Å². The molecule has 0 bridgehead atoms. The Hall–Kier alpha value is 0.600. The molecule has 0 amide bonds. The lowest BCUT2D eigenvalue weighted by Gasteiger charge is -2.16. The predicted molar refractivity (Wildman–Crippen MR) is 98.2 cm³/mol. The second-order valence-corrected chi connectivity index (χ2v) is 6.87. The van der Waals surface area contributed by atoms with Gasteiger partial charge in [-0.25, -0.2) is 0 Å². The Balaban J connectivity index is 3.61. The number of unbranched alkanes of at least 4 members (excludes halogenated alkanes) is 6. The normalized spacial score (nSPS) is 11.1. The molecule has 2 heteroatoms. The highest BCUT2D eigenvalue weighted by Gasteiger charge is 2.08. The number of rotatable bonds is 15. The summed E-state index contributed by atoms with van der Waals surface area (Å²) < 4.78 is 0. The molecule has 0 aliphatic rings. The zero-order valence-corrected chi connectivity index (χ0v) is 15.2. The minimum Gasteiger partial charge on any atom is -0.138 e. The first kappa shape index (κ1) is 19.6. The Bertz CT molecular complexity index is 170. The van der Waals surface area contributed by atoms with E-state index >= 15 is 0 Å². The lowest BCUT2D eigenvalue weighted by atomic mass is 9.90. The van der Waals surface area contributed by atoms with Crippen LogP contribution in [0.2, 0.25) is 0 Å². The minimum absolute atomic E-state index is 1.01. The van der Waals surface area contributed by atoms with Crippen LogP contribution in [0.1, 0.15) is 77.0 Å². The topological polar surface area (TPSA) is 0 Å². The molecule has 0 saturated heterocycles. The summed E-state index contributed by atoms with van der Waals surface area (Å²) in [6, 6.07) is 0. The van der Waals surface area contributed by atoms with Crippen molar-refractivity contribution in [2.24, 2.45) is 5.92 Å². The summed E-state index contributed by atoms with van der Waals surface area (Å²) in [7, 11) is 5.71. The second-order valence-electron chi connectivity index (χ2n) is 5.72. The van der Waals surface area contributed by atoms with E-state index in [1.165, 1.54) is 89.4 Å². The molecule has 0 aliphatic heterocycles. The number of hydrogen-bond donors (Lipinski definition) is 0. The van der Waals surface area contributed by atoms with Crippen LogP contribution >= 0.6 is 18.5 Å². The average Bonchev–Trinajstić information content (AvgIpc) is 2.42. The first-order chi connectivity index (χ1) is 9.35. The van der Waals surface area contributed by atoms with Crippen molar-refractivity contribution in [3.8, 4) is 0 Å². The molecule has 0 radical (unpaired) electrons. The molecule has 0 heterocycles. The molecule has 0 aromatic rings. The highest BCUT2D eigenvalue weighted by atomic mass is 31.0. The van der Waals surface area contributed by atoms with E-state index < -0.39 is 0 Å². The van der Waals surface area contributed by atoms with Crippen LogP contribution < -0.4 is 0 Å². The maximum atomic E-state index is 3.79. The zero-order valence-electron chi connectivity index (χ0n) is 12.9. The van der Waals surface area contributed by atoms with E-state index in [4.69, 9.17) is 0 Å². The summed E-state index contributed by atoms with van der Waals surface area (Å²) in [6.45, 7) is 3.79. The Morgan fingerprint density at radius 3 is 1.63 bits per heavy atom. The molecule has 2 unspecified atom stereocenters. The van der Waals surface area contributed by atoms with E-state index in [1.807, 2.05) is 6.08 Å². The van der Waals surface area contributed by atoms with Gasteiger partial charge in [0, 0.05) is 0 Å². The van der Waals surface area contributed by atoms with Crippen molar-refractivity contribution in [1.82, 2.24) is 0 Å². The molecular weight excluding hydrogens is 266 g/mol. The van der Waals surface area contributed by atoms with Gasteiger partial charge in [-0.2, -0.15) is 0 Å². The van der Waals surface area contributed by atoms with Gasteiger partial charge in [-0.3, -0.25) is 0 Å². The van der Waals surface area contributed by atoms with Crippen LogP contribution in [0.25, 0.3) is 0 Å². The predicted octanol–water partition coefficient (Wildman–Crippen LogP) is 6.22. The molecule has 0 N–H and O–H groups in total. The number of hydrogen-bond acceptors (Lipinski definition) is 0. The van der Waals surface area contributed by atoms with Crippen molar-refractivity contribution in [2.75, 3.05) is 12.3 Å². The second kappa shape index (κ2) is 16.7. The smallest absolute Gasteiger partial charge is 0.0353 e. The number of allylic oxidation sites excluding steroid dienone is 1. The third-order valence-electron chi connectivity index (χ3n) is 3.90. The lowest BCUT2D eigenvalue weighted by molar-refractivity contribution is 0.378. The molecule has 0 aliphatic carbocycles. The summed E-state index contributed by atoms with van der Waals surface area (Å²) in [5.41, 5.74) is 0. The van der Waals surface area contributed by atoms with Crippen molar-refractivity contribution >= 4 is 18.5 Å². The first-order valence-electron chi connectivity index (χ1n) is 8.36. The van der Waals surface area contributed by atoms with Crippen molar-refractivity contribution in [1.29, 1.82) is 0 Å². The van der Waals surface area contributed by atoms with E-state index in [2.05, 4.69) is 25.1 Å². The molecule has 0 fully saturated rings. The molecule has 19 heavy (non-hydrogen) atoms. The van der Waals surface area contributed by atoms with Crippen molar-refractivity contribution in [3.63, 3.8) is 0 Å². The Labute approximate surface area is 127 Å².